The van der Waals surface area contributed by atoms with Gasteiger partial charge in [-0.25, -0.2) is 14.5 Å². The van der Waals surface area contributed by atoms with Crippen LogP contribution in [0.15, 0.2) is 42.7 Å². The second kappa shape index (κ2) is 8.29. The minimum absolute atomic E-state index is 0.0160. The molecule has 4 rings (SSSR count). The first-order chi connectivity index (χ1) is 14.4. The number of alkyl halides is 3. The Morgan fingerprint density at radius 1 is 1.20 bits per heavy atom. The molecule has 158 valence electrons. The number of fused-ring (bicyclic) bond motifs is 1. The van der Waals surface area contributed by atoms with E-state index in [4.69, 9.17) is 0 Å². The number of nitrogens with zero attached hydrogens (tertiary/aromatic N) is 4. The van der Waals surface area contributed by atoms with Crippen LogP contribution in [0.2, 0.25) is 0 Å². The lowest BCUT2D eigenvalue weighted by Gasteiger charge is -2.13. The molecule has 0 saturated carbocycles. The quantitative estimate of drug-likeness (QED) is 0.616. The van der Waals surface area contributed by atoms with E-state index in [0.29, 0.717) is 13.0 Å². The average molecular weight is 418 g/mol. The Bertz CT molecular complexity index is 1030. The molecule has 0 spiro atoms. The number of aromatic nitrogens is 4. The van der Waals surface area contributed by atoms with Gasteiger partial charge in [0.25, 0.3) is 0 Å². The topological polar surface area (TPSA) is 84.2 Å². The van der Waals surface area contributed by atoms with Crippen molar-refractivity contribution in [1.82, 2.24) is 24.9 Å². The number of amides is 1. The number of nitrogens with one attached hydrogen (secondary N) is 2. The molecular weight excluding hydrogens is 397 g/mol. The fourth-order valence-electron chi connectivity index (χ4n) is 3.75. The van der Waals surface area contributed by atoms with Crippen LogP contribution in [-0.4, -0.2) is 38.1 Å². The number of halogens is 3. The van der Waals surface area contributed by atoms with E-state index in [9.17, 15) is 18.0 Å². The number of rotatable bonds is 7. The van der Waals surface area contributed by atoms with Crippen molar-refractivity contribution in [3.05, 3.63) is 54.1 Å². The number of hydrogen-bond donors (Lipinski definition) is 2. The molecule has 0 aromatic carbocycles. The smallest absolute Gasteiger partial charge is 0.368 e. The van der Waals surface area contributed by atoms with Crippen LogP contribution in [0.1, 0.15) is 30.7 Å². The van der Waals surface area contributed by atoms with Crippen LogP contribution in [0.25, 0.3) is 5.65 Å². The zero-order valence-corrected chi connectivity index (χ0v) is 16.1. The molecule has 4 heterocycles. The van der Waals surface area contributed by atoms with E-state index in [1.165, 1.54) is 18.5 Å². The Labute approximate surface area is 170 Å². The van der Waals surface area contributed by atoms with Gasteiger partial charge in [-0.05, 0) is 49.9 Å². The number of anilines is 1. The van der Waals surface area contributed by atoms with Crippen molar-refractivity contribution in [3.8, 4) is 0 Å². The molecule has 2 N–H and O–H groups in total. The van der Waals surface area contributed by atoms with E-state index < -0.39 is 11.9 Å². The lowest BCUT2D eigenvalue weighted by molar-refractivity contribution is -0.141. The molecule has 10 heteroatoms. The first kappa shape index (κ1) is 20.1. The van der Waals surface area contributed by atoms with Crippen LogP contribution < -0.4 is 10.6 Å². The van der Waals surface area contributed by atoms with Crippen molar-refractivity contribution in [2.75, 3.05) is 11.9 Å². The predicted octanol–water partition coefficient (Wildman–Crippen LogP) is 3.08. The van der Waals surface area contributed by atoms with E-state index in [-0.39, 0.29) is 23.7 Å². The molecule has 0 radical (unpaired) electrons. The van der Waals surface area contributed by atoms with Crippen molar-refractivity contribution in [2.24, 2.45) is 5.92 Å². The third kappa shape index (κ3) is 4.52. The third-order valence-corrected chi connectivity index (χ3v) is 5.22. The molecule has 3 aromatic heterocycles. The first-order valence-corrected chi connectivity index (χ1v) is 9.76. The fourth-order valence-corrected chi connectivity index (χ4v) is 3.75. The number of aryl methyl sites for hydroxylation is 1. The highest BCUT2D eigenvalue weighted by molar-refractivity contribution is 5.81. The van der Waals surface area contributed by atoms with Gasteiger partial charge in [-0.15, -0.1) is 0 Å². The van der Waals surface area contributed by atoms with E-state index in [1.54, 1.807) is 4.52 Å². The van der Waals surface area contributed by atoms with E-state index >= 15 is 0 Å². The fraction of sp³-hybridized carbons (Fsp3) is 0.400. The summed E-state index contributed by atoms with van der Waals surface area (Å²) in [4.78, 5) is 20.0. The van der Waals surface area contributed by atoms with E-state index in [2.05, 4.69) is 25.7 Å². The average Bonchev–Trinajstić information content (AvgIpc) is 3.33. The molecule has 7 nitrogen and oxygen atoms in total. The van der Waals surface area contributed by atoms with Crippen LogP contribution in [0, 0.1) is 5.92 Å². The minimum atomic E-state index is -4.49. The monoisotopic (exact) mass is 418 g/mol. The summed E-state index contributed by atoms with van der Waals surface area (Å²) in [6.07, 6.45) is 0.00250. The zero-order chi connectivity index (χ0) is 21.1. The molecule has 0 unspecified atom stereocenters. The van der Waals surface area contributed by atoms with Crippen LogP contribution >= 0.6 is 0 Å². The Hall–Kier alpha value is -3.17. The Morgan fingerprint density at radius 3 is 2.87 bits per heavy atom. The second-order valence-electron chi connectivity index (χ2n) is 7.36. The molecule has 1 fully saturated rings. The maximum Gasteiger partial charge on any atom is 0.433 e. The summed E-state index contributed by atoms with van der Waals surface area (Å²) in [5.74, 6) is 0.0161. The van der Waals surface area contributed by atoms with Crippen molar-refractivity contribution >= 4 is 17.4 Å². The van der Waals surface area contributed by atoms with Gasteiger partial charge in [-0.1, -0.05) is 12.1 Å². The molecular formula is C20H21F3N6O. The van der Waals surface area contributed by atoms with Gasteiger partial charge in [0.05, 0.1) is 0 Å². The third-order valence-electron chi connectivity index (χ3n) is 5.22. The van der Waals surface area contributed by atoms with Gasteiger partial charge in [0, 0.05) is 24.2 Å². The number of carbonyl (C=O) groups excluding carboxylic acids is 1. The normalized spacial score (nSPS) is 19.2. The lowest BCUT2D eigenvalue weighted by atomic mass is 9.97. The zero-order valence-electron chi connectivity index (χ0n) is 16.1. The van der Waals surface area contributed by atoms with Gasteiger partial charge in [0.2, 0.25) is 5.91 Å². The molecule has 1 saturated heterocycles. The molecule has 1 amide bonds. The number of carbonyl (C=O) groups is 1. The van der Waals surface area contributed by atoms with Crippen LogP contribution in [0.5, 0.6) is 0 Å². The summed E-state index contributed by atoms with van der Waals surface area (Å²) in [5, 5.41) is 10.0. The highest BCUT2D eigenvalue weighted by atomic mass is 19.4. The van der Waals surface area contributed by atoms with Crippen molar-refractivity contribution < 1.29 is 18.0 Å². The lowest BCUT2D eigenvalue weighted by Crippen LogP contribution is -2.32. The Balaban J connectivity index is 1.27. The number of pyridine rings is 2. The highest BCUT2D eigenvalue weighted by Crippen LogP contribution is 2.28. The van der Waals surface area contributed by atoms with Crippen molar-refractivity contribution in [2.45, 2.75) is 37.9 Å². The SMILES string of the molecule is O=C1N[C@H](CNc2cccc(C(F)(F)F)n2)C[C@@H]1CCCc1cccc2ncnn12. The van der Waals surface area contributed by atoms with E-state index in [0.717, 1.165) is 36.7 Å². The first-order valence-electron chi connectivity index (χ1n) is 9.76. The predicted molar refractivity (Wildman–Crippen MR) is 104 cm³/mol. The van der Waals surface area contributed by atoms with Gasteiger partial charge < -0.3 is 10.6 Å². The maximum absolute atomic E-state index is 12.8. The summed E-state index contributed by atoms with van der Waals surface area (Å²) in [7, 11) is 0. The summed E-state index contributed by atoms with van der Waals surface area (Å²) in [5.41, 5.74) is 0.890. The molecule has 30 heavy (non-hydrogen) atoms. The minimum Gasteiger partial charge on any atom is -0.368 e. The van der Waals surface area contributed by atoms with Gasteiger partial charge in [-0.3, -0.25) is 4.79 Å². The molecule has 0 bridgehead atoms. The number of hydrogen-bond acceptors (Lipinski definition) is 5. The molecule has 2 atom stereocenters. The van der Waals surface area contributed by atoms with Gasteiger partial charge >= 0.3 is 6.18 Å². The van der Waals surface area contributed by atoms with Crippen LogP contribution in [0.3, 0.4) is 0 Å². The molecule has 1 aliphatic heterocycles. The van der Waals surface area contributed by atoms with E-state index in [1.807, 2.05) is 18.2 Å². The highest BCUT2D eigenvalue weighted by Gasteiger charge is 2.33. The summed E-state index contributed by atoms with van der Waals surface area (Å²) in [6, 6.07) is 9.39. The Morgan fingerprint density at radius 2 is 2.03 bits per heavy atom. The summed E-state index contributed by atoms with van der Waals surface area (Å²) < 4.78 is 40.1. The van der Waals surface area contributed by atoms with Gasteiger partial charge in [-0.2, -0.15) is 18.3 Å². The maximum atomic E-state index is 12.8. The van der Waals surface area contributed by atoms with Gasteiger partial charge in [0.1, 0.15) is 17.8 Å². The summed E-state index contributed by atoms with van der Waals surface area (Å²) in [6.45, 7) is 0.328. The largest absolute Gasteiger partial charge is 0.433 e. The molecule has 3 aromatic rings. The molecule has 1 aliphatic rings. The molecule has 0 aliphatic carbocycles. The van der Waals surface area contributed by atoms with Crippen LogP contribution in [0.4, 0.5) is 19.0 Å². The second-order valence-corrected chi connectivity index (χ2v) is 7.36. The van der Waals surface area contributed by atoms with Crippen molar-refractivity contribution in [3.63, 3.8) is 0 Å². The van der Waals surface area contributed by atoms with Gasteiger partial charge in [0.15, 0.2) is 5.65 Å². The van der Waals surface area contributed by atoms with Crippen LogP contribution in [-0.2, 0) is 17.4 Å². The van der Waals surface area contributed by atoms with Crippen molar-refractivity contribution in [1.29, 1.82) is 0 Å². The Kier molecular flexibility index (Phi) is 5.56. The summed E-state index contributed by atoms with van der Waals surface area (Å²) >= 11 is 0. The standard InChI is InChI=1S/C20H21F3N6O/c21-20(22,23)16-7-3-8-17(28-16)24-11-14-10-13(19(30)27-14)4-1-5-15-6-2-9-18-25-12-26-29(15)18/h2-3,6-9,12-14H,1,4-5,10-11H2,(H,24,28)(H,27,30)/t13-,14-/m0/s1.